The number of methoxy groups -OCH3 is 1. The third kappa shape index (κ3) is 3.96. The number of halogens is 2. The van der Waals surface area contributed by atoms with Crippen LogP contribution < -0.4 is 4.74 Å². The predicted molar refractivity (Wildman–Crippen MR) is 102 cm³/mol. The zero-order valence-electron chi connectivity index (χ0n) is 13.3. The Labute approximate surface area is 153 Å². The highest BCUT2D eigenvalue weighted by Crippen LogP contribution is 2.40. The lowest BCUT2D eigenvalue weighted by Crippen LogP contribution is -1.94. The van der Waals surface area contributed by atoms with Gasteiger partial charge in [-0.3, -0.25) is 4.99 Å². The summed E-state index contributed by atoms with van der Waals surface area (Å²) in [7, 11) is 1.52. The van der Waals surface area contributed by atoms with E-state index < -0.39 is 0 Å². The molecule has 0 saturated heterocycles. The number of hydrogen-bond donors (Lipinski definition) is 1. The van der Waals surface area contributed by atoms with E-state index in [9.17, 15) is 5.11 Å². The monoisotopic (exact) mass is 439 g/mol. The van der Waals surface area contributed by atoms with Gasteiger partial charge in [-0.25, -0.2) is 0 Å². The van der Waals surface area contributed by atoms with Gasteiger partial charge in [0.25, 0.3) is 0 Å². The number of nitrogens with zero attached hydrogens (tertiary/aromatic N) is 1. The van der Waals surface area contributed by atoms with E-state index in [-0.39, 0.29) is 5.75 Å². The molecule has 0 aliphatic carbocycles. The predicted octanol–water partition coefficient (Wildman–Crippen LogP) is 6.19. The number of aromatic hydroxyl groups is 1. The Morgan fingerprint density at radius 3 is 2.65 bits per heavy atom. The van der Waals surface area contributed by atoms with Crippen molar-refractivity contribution in [3.05, 3.63) is 50.4 Å². The first-order valence-corrected chi connectivity index (χ1v) is 8.96. The summed E-state index contributed by atoms with van der Waals surface area (Å²) in [5.41, 5.74) is 2.69. The van der Waals surface area contributed by atoms with E-state index in [4.69, 9.17) is 4.74 Å². The number of aliphatic imine (C=N–C) groups is 1. The Bertz CT molecular complexity index is 729. The summed E-state index contributed by atoms with van der Waals surface area (Å²) in [4.78, 5) is 4.59. The number of hydrogen-bond acceptors (Lipinski definition) is 3. The molecule has 5 heteroatoms. The molecule has 1 unspecified atom stereocenters. The fraction of sp³-hybridized carbons (Fsp3) is 0.278. The Kier molecular flexibility index (Phi) is 6.25. The minimum Gasteiger partial charge on any atom is -0.504 e. The lowest BCUT2D eigenvalue weighted by atomic mass is 9.97. The zero-order chi connectivity index (χ0) is 17.0. The second kappa shape index (κ2) is 7.97. The van der Waals surface area contributed by atoms with Gasteiger partial charge in [0, 0.05) is 15.2 Å². The number of rotatable bonds is 5. The van der Waals surface area contributed by atoms with Crippen LogP contribution >= 0.6 is 31.9 Å². The number of phenols is 1. The fourth-order valence-corrected chi connectivity index (χ4v) is 3.09. The maximum Gasteiger partial charge on any atom is 0.167 e. The van der Waals surface area contributed by atoms with Crippen LogP contribution in [0.25, 0.3) is 0 Å². The molecule has 0 radical (unpaired) electrons. The molecular formula is C18H19Br2NO2. The molecule has 23 heavy (non-hydrogen) atoms. The van der Waals surface area contributed by atoms with E-state index in [1.807, 2.05) is 18.2 Å². The van der Waals surface area contributed by atoms with Crippen LogP contribution in [0.4, 0.5) is 5.69 Å². The highest BCUT2D eigenvalue weighted by atomic mass is 79.9. The van der Waals surface area contributed by atoms with Crippen molar-refractivity contribution in [1.29, 1.82) is 0 Å². The van der Waals surface area contributed by atoms with Crippen LogP contribution in [0.1, 0.15) is 37.3 Å². The minimum atomic E-state index is 0.0624. The highest BCUT2D eigenvalue weighted by molar-refractivity contribution is 9.13. The zero-order valence-corrected chi connectivity index (χ0v) is 16.5. The van der Waals surface area contributed by atoms with Crippen molar-refractivity contribution in [3.63, 3.8) is 0 Å². The average Bonchev–Trinajstić information content (AvgIpc) is 2.57. The van der Waals surface area contributed by atoms with Crippen LogP contribution in [0.5, 0.6) is 11.5 Å². The average molecular weight is 441 g/mol. The van der Waals surface area contributed by atoms with Crippen LogP contribution in [-0.4, -0.2) is 18.4 Å². The fourth-order valence-electron chi connectivity index (χ4n) is 2.26. The lowest BCUT2D eigenvalue weighted by Gasteiger charge is -2.12. The topological polar surface area (TPSA) is 41.8 Å². The van der Waals surface area contributed by atoms with Gasteiger partial charge in [0.05, 0.1) is 18.4 Å². The van der Waals surface area contributed by atoms with Crippen molar-refractivity contribution in [2.45, 2.75) is 26.2 Å². The van der Waals surface area contributed by atoms with Crippen LogP contribution in [0.15, 0.2) is 44.3 Å². The summed E-state index contributed by atoms with van der Waals surface area (Å²) in [5, 5.41) is 10.3. The van der Waals surface area contributed by atoms with E-state index >= 15 is 0 Å². The third-order valence-electron chi connectivity index (χ3n) is 3.83. The molecule has 0 aliphatic rings. The van der Waals surface area contributed by atoms with Gasteiger partial charge in [0.1, 0.15) is 0 Å². The summed E-state index contributed by atoms with van der Waals surface area (Å²) in [6.07, 6.45) is 2.71. The lowest BCUT2D eigenvalue weighted by molar-refractivity contribution is 0.372. The molecule has 0 aromatic heterocycles. The van der Waals surface area contributed by atoms with Gasteiger partial charge < -0.3 is 9.84 Å². The van der Waals surface area contributed by atoms with Crippen molar-refractivity contribution in [3.8, 4) is 11.5 Å². The van der Waals surface area contributed by atoms with Gasteiger partial charge in [0.15, 0.2) is 11.5 Å². The van der Waals surface area contributed by atoms with E-state index in [0.717, 1.165) is 21.1 Å². The Balaban J connectivity index is 2.48. The molecule has 122 valence electrons. The normalized spacial score (nSPS) is 12.6. The molecule has 2 aromatic carbocycles. The van der Waals surface area contributed by atoms with E-state index in [2.05, 4.69) is 56.8 Å². The Morgan fingerprint density at radius 1 is 1.30 bits per heavy atom. The Hall–Kier alpha value is -1.33. The maximum atomic E-state index is 10.3. The molecule has 1 N–H and O–H groups in total. The summed E-state index contributed by atoms with van der Waals surface area (Å²) < 4.78 is 6.72. The molecule has 1 atom stereocenters. The maximum absolute atomic E-state index is 10.3. The second-order valence-corrected chi connectivity index (χ2v) is 6.91. The molecule has 0 spiro atoms. The molecule has 0 bridgehead atoms. The van der Waals surface area contributed by atoms with E-state index in [1.54, 1.807) is 12.3 Å². The van der Waals surface area contributed by atoms with Gasteiger partial charge in [-0.05, 0) is 61.9 Å². The molecule has 0 saturated carbocycles. The van der Waals surface area contributed by atoms with Crippen molar-refractivity contribution in [2.75, 3.05) is 7.11 Å². The molecule has 2 rings (SSSR count). The quantitative estimate of drug-likeness (QED) is 0.563. The van der Waals surface area contributed by atoms with Crippen LogP contribution in [0, 0.1) is 0 Å². The molecular weight excluding hydrogens is 422 g/mol. The van der Waals surface area contributed by atoms with Crippen molar-refractivity contribution < 1.29 is 9.84 Å². The number of benzene rings is 2. The largest absolute Gasteiger partial charge is 0.504 e. The van der Waals surface area contributed by atoms with Crippen molar-refractivity contribution >= 4 is 43.8 Å². The van der Waals surface area contributed by atoms with E-state index in [1.165, 1.54) is 12.7 Å². The van der Waals surface area contributed by atoms with Crippen molar-refractivity contribution in [1.82, 2.24) is 0 Å². The summed E-state index contributed by atoms with van der Waals surface area (Å²) >= 11 is 6.92. The van der Waals surface area contributed by atoms with Crippen molar-refractivity contribution in [2.24, 2.45) is 4.99 Å². The highest BCUT2D eigenvalue weighted by Gasteiger charge is 2.14. The first-order valence-electron chi connectivity index (χ1n) is 7.37. The summed E-state index contributed by atoms with van der Waals surface area (Å²) in [6, 6.07) is 9.78. The Morgan fingerprint density at radius 2 is 2.00 bits per heavy atom. The summed E-state index contributed by atoms with van der Waals surface area (Å²) in [5.74, 6) is 0.890. The van der Waals surface area contributed by atoms with Crippen LogP contribution in [0.3, 0.4) is 0 Å². The number of ether oxygens (including phenoxy) is 1. The molecule has 3 nitrogen and oxygen atoms in total. The van der Waals surface area contributed by atoms with Gasteiger partial charge >= 0.3 is 0 Å². The van der Waals surface area contributed by atoms with Gasteiger partial charge in [-0.2, -0.15) is 0 Å². The molecule has 0 fully saturated rings. The summed E-state index contributed by atoms with van der Waals surface area (Å²) in [6.45, 7) is 4.34. The van der Waals surface area contributed by atoms with E-state index in [0.29, 0.717) is 17.2 Å². The minimum absolute atomic E-state index is 0.0624. The van der Waals surface area contributed by atoms with Crippen LogP contribution in [-0.2, 0) is 0 Å². The van der Waals surface area contributed by atoms with Gasteiger partial charge in [-0.15, -0.1) is 0 Å². The standard InChI is InChI=1S/C18H19Br2NO2/c1-4-11(2)12-7-5-6-8-15(12)21-10-13-17(20)14(19)9-16(23-3)18(13)22/h5-11,22H,4H2,1-3H3. The van der Waals surface area contributed by atoms with Gasteiger partial charge in [-0.1, -0.05) is 32.0 Å². The molecule has 2 aromatic rings. The molecule has 0 heterocycles. The smallest absolute Gasteiger partial charge is 0.167 e. The number of para-hydroxylation sites is 1. The van der Waals surface area contributed by atoms with Crippen LogP contribution in [0.2, 0.25) is 0 Å². The second-order valence-electron chi connectivity index (χ2n) is 5.26. The first kappa shape index (κ1) is 18.0. The van der Waals surface area contributed by atoms with Gasteiger partial charge in [0.2, 0.25) is 0 Å². The molecule has 0 amide bonds. The number of phenolic OH excluding ortho intramolecular Hbond substituents is 1. The SMILES string of the molecule is CCC(C)c1ccccc1N=Cc1c(O)c(OC)cc(Br)c1Br. The third-order valence-corrected chi connectivity index (χ3v) is 5.84. The molecule has 0 aliphatic heterocycles. The first-order chi connectivity index (χ1) is 11.0.